The van der Waals surface area contributed by atoms with Crippen LogP contribution in [0.3, 0.4) is 0 Å². The Hall–Kier alpha value is -4.72. The molecule has 6 rings (SSSR count). The van der Waals surface area contributed by atoms with Crippen LogP contribution in [0.5, 0.6) is 46.0 Å². The van der Waals surface area contributed by atoms with Gasteiger partial charge < -0.3 is 40.9 Å². The Bertz CT molecular complexity index is 1670. The molecule has 0 fully saturated rings. The van der Waals surface area contributed by atoms with E-state index >= 15 is 0 Å². The summed E-state index contributed by atoms with van der Waals surface area (Å²) < 4.78 is 0. The van der Waals surface area contributed by atoms with Crippen LogP contribution in [-0.4, -0.2) is 40.9 Å². The lowest BCUT2D eigenvalue weighted by Gasteiger charge is -2.20. The van der Waals surface area contributed by atoms with Gasteiger partial charge in [-0.15, -0.1) is 0 Å². The van der Waals surface area contributed by atoms with Gasteiger partial charge in [0.05, 0.1) is 0 Å². The zero-order valence-electron chi connectivity index (χ0n) is 16.0. The highest BCUT2D eigenvalue weighted by atomic mass is 16.3. The summed E-state index contributed by atoms with van der Waals surface area (Å²) in [6.07, 6.45) is 0. The van der Waals surface area contributed by atoms with Crippen molar-refractivity contribution in [2.45, 2.75) is 0 Å². The third-order valence-electron chi connectivity index (χ3n) is 6.16. The van der Waals surface area contributed by atoms with Gasteiger partial charge in [0.15, 0.2) is 46.0 Å². The summed E-state index contributed by atoms with van der Waals surface area (Å²) in [6.45, 7) is 0. The fraction of sp³-hybridized carbons (Fsp3) is 0. The van der Waals surface area contributed by atoms with Crippen molar-refractivity contribution in [3.8, 4) is 46.0 Å². The highest BCUT2D eigenvalue weighted by molar-refractivity contribution is 6.42. The highest BCUT2D eigenvalue weighted by Gasteiger charge is 2.25. The van der Waals surface area contributed by atoms with Gasteiger partial charge in [0.2, 0.25) is 0 Å². The van der Waals surface area contributed by atoms with Gasteiger partial charge in [0.1, 0.15) is 0 Å². The first-order chi connectivity index (χ1) is 15.2. The van der Waals surface area contributed by atoms with Crippen molar-refractivity contribution >= 4 is 53.9 Å². The van der Waals surface area contributed by atoms with Gasteiger partial charge in [0, 0.05) is 21.5 Å². The van der Waals surface area contributed by atoms with Crippen molar-refractivity contribution in [1.29, 1.82) is 0 Å². The fourth-order valence-corrected chi connectivity index (χ4v) is 4.80. The van der Waals surface area contributed by atoms with E-state index in [-0.39, 0.29) is 21.5 Å². The number of phenols is 8. The molecule has 158 valence electrons. The smallest absolute Gasteiger partial charge is 0.166 e. The Labute approximate surface area is 177 Å². The van der Waals surface area contributed by atoms with Crippen LogP contribution >= 0.6 is 0 Å². The molecule has 8 N–H and O–H groups in total. The molecule has 0 saturated carbocycles. The average molecular weight is 430 g/mol. The predicted octanol–water partition coefficient (Wildman–Crippen LogP) is 4.54. The quantitative estimate of drug-likeness (QED) is 0.0990. The monoisotopic (exact) mass is 430 g/mol. The maximum atomic E-state index is 10.8. The molecule has 0 aliphatic rings. The molecule has 8 heteroatoms. The Morgan fingerprint density at radius 1 is 0.281 bits per heavy atom. The largest absolute Gasteiger partial charge is 0.504 e. The van der Waals surface area contributed by atoms with Gasteiger partial charge in [0.25, 0.3) is 0 Å². The molecule has 0 bridgehead atoms. The number of phenolic OH excluding ortho intramolecular Hbond substituents is 8. The zero-order valence-corrected chi connectivity index (χ0v) is 16.0. The number of fused-ring (bicyclic) bond motifs is 6. The van der Waals surface area contributed by atoms with Gasteiger partial charge in [-0.3, -0.25) is 0 Å². The second kappa shape index (κ2) is 5.50. The molecule has 0 radical (unpaired) electrons. The average Bonchev–Trinajstić information content (AvgIpc) is 2.74. The van der Waals surface area contributed by atoms with Crippen molar-refractivity contribution in [3.05, 3.63) is 36.4 Å². The topological polar surface area (TPSA) is 162 Å². The second-order valence-electron chi connectivity index (χ2n) is 7.86. The van der Waals surface area contributed by atoms with Crippen LogP contribution in [-0.2, 0) is 0 Å². The first-order valence-electron chi connectivity index (χ1n) is 9.50. The van der Waals surface area contributed by atoms with Gasteiger partial charge in [-0.25, -0.2) is 0 Å². The number of hydrogen-bond donors (Lipinski definition) is 8. The molecule has 6 aromatic carbocycles. The van der Waals surface area contributed by atoms with Gasteiger partial charge in [-0.05, 0) is 68.7 Å². The lowest BCUT2D eigenvalue weighted by atomic mass is 9.84. The van der Waals surface area contributed by atoms with Crippen molar-refractivity contribution in [2.75, 3.05) is 0 Å². The van der Waals surface area contributed by atoms with E-state index < -0.39 is 46.0 Å². The molecule has 6 aromatic rings. The molecule has 32 heavy (non-hydrogen) atoms. The maximum absolute atomic E-state index is 10.8. The standard InChI is InChI=1S/C24H14O8/c25-13-1-7-8(2-14(13)26)10-6-18(30)24(32)22-12-4-16(28)15(27)3-11(12)21-19(20(10)22)9(7)5-17(29)23(21)31/h1-6,25-32H. The minimum absolute atomic E-state index is 0.141. The van der Waals surface area contributed by atoms with Crippen LogP contribution < -0.4 is 0 Å². The van der Waals surface area contributed by atoms with E-state index in [1.807, 2.05) is 0 Å². The number of rotatable bonds is 0. The summed E-state index contributed by atoms with van der Waals surface area (Å²) in [6, 6.07) is 7.57. The van der Waals surface area contributed by atoms with Crippen LogP contribution in [0.1, 0.15) is 0 Å². The van der Waals surface area contributed by atoms with Crippen molar-refractivity contribution < 1.29 is 40.9 Å². The summed E-state index contributed by atoms with van der Waals surface area (Å²) >= 11 is 0. The van der Waals surface area contributed by atoms with E-state index in [0.717, 1.165) is 0 Å². The molecule has 0 heterocycles. The predicted molar refractivity (Wildman–Crippen MR) is 118 cm³/mol. The normalized spacial score (nSPS) is 12.1. The molecule has 0 aliphatic heterocycles. The van der Waals surface area contributed by atoms with Gasteiger partial charge in [-0.2, -0.15) is 0 Å². The summed E-state index contributed by atoms with van der Waals surface area (Å²) in [5, 5.41) is 86.1. The Kier molecular flexibility index (Phi) is 3.11. The highest BCUT2D eigenvalue weighted by Crippen LogP contribution is 2.55. The van der Waals surface area contributed by atoms with Crippen LogP contribution in [0, 0.1) is 0 Å². The molecule has 0 unspecified atom stereocenters. The minimum Gasteiger partial charge on any atom is -0.504 e. The van der Waals surface area contributed by atoms with Gasteiger partial charge in [-0.1, -0.05) is 0 Å². The summed E-state index contributed by atoms with van der Waals surface area (Å²) in [4.78, 5) is 0. The van der Waals surface area contributed by atoms with Crippen LogP contribution in [0.15, 0.2) is 36.4 Å². The van der Waals surface area contributed by atoms with Crippen molar-refractivity contribution in [3.63, 3.8) is 0 Å². The minimum atomic E-state index is -0.484. The van der Waals surface area contributed by atoms with Crippen molar-refractivity contribution in [2.24, 2.45) is 0 Å². The van der Waals surface area contributed by atoms with E-state index in [9.17, 15) is 40.9 Å². The zero-order chi connectivity index (χ0) is 22.6. The molecule has 8 nitrogen and oxygen atoms in total. The summed E-state index contributed by atoms with van der Waals surface area (Å²) in [5.74, 6) is -3.68. The molecule has 0 aliphatic carbocycles. The van der Waals surface area contributed by atoms with E-state index in [4.69, 9.17) is 0 Å². The molecule has 0 aromatic heterocycles. The molecule has 0 atom stereocenters. The summed E-state index contributed by atoms with van der Waals surface area (Å²) in [5.41, 5.74) is 0. The molecule has 0 saturated heterocycles. The third-order valence-corrected chi connectivity index (χ3v) is 6.16. The number of benzene rings is 6. The third kappa shape index (κ3) is 1.96. The Balaban J connectivity index is 2.14. The van der Waals surface area contributed by atoms with Crippen LogP contribution in [0.25, 0.3) is 53.9 Å². The summed E-state index contributed by atoms with van der Waals surface area (Å²) in [7, 11) is 0. The Morgan fingerprint density at radius 3 is 0.875 bits per heavy atom. The van der Waals surface area contributed by atoms with E-state index in [1.54, 1.807) is 0 Å². The number of hydrogen-bond acceptors (Lipinski definition) is 8. The first-order valence-corrected chi connectivity index (χ1v) is 9.50. The first kappa shape index (κ1) is 18.1. The SMILES string of the molecule is Oc1cc2c(cc1O)c1cc(O)c(O)c3c4cc(O)c(O)cc4c4c(O)c(O)cc2c4c13. The van der Waals surface area contributed by atoms with E-state index in [1.165, 1.54) is 36.4 Å². The van der Waals surface area contributed by atoms with Crippen LogP contribution in [0.4, 0.5) is 0 Å². The van der Waals surface area contributed by atoms with Gasteiger partial charge >= 0.3 is 0 Å². The van der Waals surface area contributed by atoms with Crippen LogP contribution in [0.2, 0.25) is 0 Å². The molecular weight excluding hydrogens is 416 g/mol. The maximum Gasteiger partial charge on any atom is 0.166 e. The fourth-order valence-electron chi connectivity index (χ4n) is 4.80. The lowest BCUT2D eigenvalue weighted by molar-refractivity contribution is 0.404. The number of aromatic hydroxyl groups is 8. The van der Waals surface area contributed by atoms with E-state index in [0.29, 0.717) is 32.3 Å². The second-order valence-corrected chi connectivity index (χ2v) is 7.86. The molecular formula is C24H14O8. The molecule has 0 spiro atoms. The molecule has 0 amide bonds. The van der Waals surface area contributed by atoms with E-state index in [2.05, 4.69) is 0 Å². The Morgan fingerprint density at radius 2 is 0.531 bits per heavy atom. The lowest BCUT2D eigenvalue weighted by Crippen LogP contribution is -1.92. The van der Waals surface area contributed by atoms with Crippen molar-refractivity contribution in [1.82, 2.24) is 0 Å².